The Hall–Kier alpha value is -2.53. The Labute approximate surface area is 207 Å². The van der Waals surface area contributed by atoms with E-state index >= 15 is 0 Å². The highest BCUT2D eigenvalue weighted by atomic mass is 32.2. The molecule has 2 fully saturated rings. The molecular formula is C25H31N3O5S2. The molecule has 1 atom stereocenters. The van der Waals surface area contributed by atoms with Gasteiger partial charge in [0.1, 0.15) is 0 Å². The Balaban J connectivity index is 1.35. The van der Waals surface area contributed by atoms with Crippen LogP contribution in [0, 0.1) is 5.92 Å². The number of rotatable bonds is 11. The van der Waals surface area contributed by atoms with Crippen molar-refractivity contribution in [2.45, 2.75) is 36.0 Å². The molecule has 1 amide bonds. The summed E-state index contributed by atoms with van der Waals surface area (Å²) in [4.78, 5) is 13.1. The summed E-state index contributed by atoms with van der Waals surface area (Å²) in [5, 5.41) is 3.87. The fourth-order valence-corrected chi connectivity index (χ4v) is 6.59. The van der Waals surface area contributed by atoms with Gasteiger partial charge in [0.05, 0.1) is 10.3 Å². The van der Waals surface area contributed by atoms with E-state index in [0.29, 0.717) is 19.5 Å². The maximum atomic E-state index is 13.1. The Morgan fingerprint density at radius 2 is 1.74 bits per heavy atom. The highest BCUT2D eigenvalue weighted by Gasteiger charge is 2.51. The summed E-state index contributed by atoms with van der Waals surface area (Å²) in [7, 11) is -7.24. The zero-order valence-electron chi connectivity index (χ0n) is 19.5. The van der Waals surface area contributed by atoms with Crippen LogP contribution in [0.3, 0.4) is 0 Å². The fourth-order valence-electron chi connectivity index (χ4n) is 4.48. The van der Waals surface area contributed by atoms with Gasteiger partial charge in [0.2, 0.25) is 26.0 Å². The molecule has 1 saturated heterocycles. The normalized spacial score (nSPS) is 19.8. The lowest BCUT2D eigenvalue weighted by molar-refractivity contribution is -0.123. The van der Waals surface area contributed by atoms with Crippen LogP contribution < -0.4 is 10.0 Å². The van der Waals surface area contributed by atoms with E-state index in [1.807, 2.05) is 30.3 Å². The molecule has 1 aliphatic heterocycles. The van der Waals surface area contributed by atoms with Crippen molar-refractivity contribution in [2.24, 2.45) is 5.92 Å². The van der Waals surface area contributed by atoms with Crippen molar-refractivity contribution < 1.29 is 21.6 Å². The van der Waals surface area contributed by atoms with Crippen LogP contribution in [0.5, 0.6) is 0 Å². The molecule has 2 aromatic rings. The minimum atomic E-state index is -3.70. The molecule has 1 heterocycles. The minimum Gasteiger partial charge on any atom is -0.355 e. The number of hydrogen-bond acceptors (Lipinski definition) is 5. The van der Waals surface area contributed by atoms with Crippen LogP contribution in [0.1, 0.15) is 30.4 Å². The van der Waals surface area contributed by atoms with Crippen molar-refractivity contribution in [2.75, 3.05) is 26.2 Å². The number of benzene rings is 2. The second-order valence-electron chi connectivity index (χ2n) is 9.18. The maximum absolute atomic E-state index is 13.1. The van der Waals surface area contributed by atoms with Gasteiger partial charge < -0.3 is 5.32 Å². The van der Waals surface area contributed by atoms with E-state index in [9.17, 15) is 21.6 Å². The largest absolute Gasteiger partial charge is 0.355 e. The summed E-state index contributed by atoms with van der Waals surface area (Å²) < 4.78 is 53.2. The van der Waals surface area contributed by atoms with E-state index in [0.717, 1.165) is 35.8 Å². The van der Waals surface area contributed by atoms with Crippen molar-refractivity contribution in [1.82, 2.24) is 14.3 Å². The zero-order chi connectivity index (χ0) is 25.1. The van der Waals surface area contributed by atoms with E-state index < -0.39 is 25.5 Å². The summed E-state index contributed by atoms with van der Waals surface area (Å²) >= 11 is 0. The van der Waals surface area contributed by atoms with E-state index in [1.165, 1.54) is 4.31 Å². The van der Waals surface area contributed by atoms with Gasteiger partial charge in [-0.2, -0.15) is 4.31 Å². The monoisotopic (exact) mass is 517 g/mol. The first kappa shape index (κ1) is 25.6. The van der Waals surface area contributed by atoms with Crippen LogP contribution >= 0.6 is 0 Å². The first-order valence-electron chi connectivity index (χ1n) is 11.7. The number of carbonyl (C=O) groups excluding carboxylic acids is 1. The maximum Gasteiger partial charge on any atom is 0.243 e. The van der Waals surface area contributed by atoms with Gasteiger partial charge in [0, 0.05) is 31.6 Å². The van der Waals surface area contributed by atoms with Crippen molar-refractivity contribution >= 4 is 26.0 Å². The van der Waals surface area contributed by atoms with Gasteiger partial charge in [0.25, 0.3) is 0 Å². The molecule has 4 rings (SSSR count). The van der Waals surface area contributed by atoms with Gasteiger partial charge >= 0.3 is 0 Å². The summed E-state index contributed by atoms with van der Waals surface area (Å²) in [5.74, 6) is -0.124. The lowest BCUT2D eigenvalue weighted by atomic mass is 9.95. The van der Waals surface area contributed by atoms with Gasteiger partial charge in [-0.1, -0.05) is 49.0 Å². The van der Waals surface area contributed by atoms with Gasteiger partial charge in [0.15, 0.2) is 0 Å². The van der Waals surface area contributed by atoms with E-state index in [-0.39, 0.29) is 29.8 Å². The number of amides is 1. The smallest absolute Gasteiger partial charge is 0.243 e. The standard InChI is InChI=1S/C25H31N3O5S2/c1-2-34(30,31)27-18-21-13-17-28(19-21)35(32,33)23-10-8-22(9-11-23)25(14-15-25)24(29)26-16-12-20-6-4-3-5-7-20/h2-11,21,27H,1,12-19H2,(H,26,29). The summed E-state index contributed by atoms with van der Waals surface area (Å²) in [6.45, 7) is 4.56. The van der Waals surface area contributed by atoms with E-state index in [4.69, 9.17) is 0 Å². The molecule has 35 heavy (non-hydrogen) atoms. The number of nitrogens with one attached hydrogen (secondary N) is 2. The molecule has 1 saturated carbocycles. The third-order valence-corrected chi connectivity index (χ3v) is 9.70. The highest BCUT2D eigenvalue weighted by molar-refractivity contribution is 7.92. The van der Waals surface area contributed by atoms with Crippen molar-refractivity contribution in [3.63, 3.8) is 0 Å². The minimum absolute atomic E-state index is 0.0200. The lowest BCUT2D eigenvalue weighted by Gasteiger charge is -2.19. The molecular weight excluding hydrogens is 486 g/mol. The molecule has 8 nitrogen and oxygen atoms in total. The van der Waals surface area contributed by atoms with Gasteiger partial charge in [-0.15, -0.1) is 0 Å². The number of carbonyl (C=O) groups is 1. The van der Waals surface area contributed by atoms with E-state index in [1.54, 1.807) is 24.3 Å². The van der Waals surface area contributed by atoms with Crippen LogP contribution in [0.2, 0.25) is 0 Å². The average Bonchev–Trinajstić information content (AvgIpc) is 3.53. The molecule has 0 radical (unpaired) electrons. The molecule has 2 aromatic carbocycles. The summed E-state index contributed by atoms with van der Waals surface area (Å²) in [6, 6.07) is 16.6. The fraction of sp³-hybridized carbons (Fsp3) is 0.400. The Bertz CT molecular complexity index is 1270. The topological polar surface area (TPSA) is 113 Å². The number of sulfonamides is 2. The average molecular weight is 518 g/mol. The second-order valence-corrected chi connectivity index (χ2v) is 12.8. The summed E-state index contributed by atoms with van der Waals surface area (Å²) in [5.41, 5.74) is 1.40. The summed E-state index contributed by atoms with van der Waals surface area (Å²) in [6.07, 6.45) is 2.81. The predicted octanol–water partition coefficient (Wildman–Crippen LogP) is 2.15. The molecule has 2 N–H and O–H groups in total. The van der Waals surface area contributed by atoms with E-state index in [2.05, 4.69) is 16.6 Å². The van der Waals surface area contributed by atoms with Crippen LogP contribution in [0.25, 0.3) is 0 Å². The quantitative estimate of drug-likeness (QED) is 0.474. The van der Waals surface area contributed by atoms with Crippen molar-refractivity contribution in [1.29, 1.82) is 0 Å². The Kier molecular flexibility index (Phi) is 7.46. The highest BCUT2D eigenvalue weighted by Crippen LogP contribution is 2.48. The molecule has 10 heteroatoms. The molecule has 0 spiro atoms. The predicted molar refractivity (Wildman–Crippen MR) is 134 cm³/mol. The van der Waals surface area contributed by atoms with Gasteiger partial charge in [-0.05, 0) is 54.9 Å². The first-order valence-corrected chi connectivity index (χ1v) is 14.7. The SMILES string of the molecule is C=CS(=O)(=O)NCC1CCN(S(=O)(=O)c2ccc(C3(C(=O)NCCc4ccccc4)CC3)cc2)C1. The van der Waals surface area contributed by atoms with Crippen LogP contribution in [-0.2, 0) is 36.7 Å². The Morgan fingerprint density at radius 1 is 1.06 bits per heavy atom. The van der Waals surface area contributed by atoms with Crippen molar-refractivity contribution in [3.05, 3.63) is 77.7 Å². The molecule has 1 unspecified atom stereocenters. The van der Waals surface area contributed by atoms with Gasteiger partial charge in [-0.3, -0.25) is 4.79 Å². The Morgan fingerprint density at radius 3 is 2.37 bits per heavy atom. The number of nitrogens with zero attached hydrogens (tertiary/aromatic N) is 1. The second kappa shape index (κ2) is 10.2. The third kappa shape index (κ3) is 5.83. The molecule has 1 aliphatic carbocycles. The van der Waals surface area contributed by atoms with Crippen LogP contribution in [0.15, 0.2) is 71.5 Å². The number of hydrogen-bond donors (Lipinski definition) is 2. The van der Waals surface area contributed by atoms with Gasteiger partial charge in [-0.25, -0.2) is 21.6 Å². The van der Waals surface area contributed by atoms with Crippen LogP contribution in [-0.4, -0.2) is 53.2 Å². The molecule has 0 bridgehead atoms. The molecule has 2 aliphatic rings. The van der Waals surface area contributed by atoms with Crippen molar-refractivity contribution in [3.8, 4) is 0 Å². The lowest BCUT2D eigenvalue weighted by Crippen LogP contribution is -2.36. The molecule has 0 aromatic heterocycles. The zero-order valence-corrected chi connectivity index (χ0v) is 21.2. The molecule has 188 valence electrons. The first-order chi connectivity index (χ1) is 16.7. The third-order valence-electron chi connectivity index (χ3n) is 6.81. The van der Waals surface area contributed by atoms with Crippen LogP contribution in [0.4, 0.5) is 0 Å².